The summed E-state index contributed by atoms with van der Waals surface area (Å²) in [5.41, 5.74) is 18.0. The van der Waals surface area contributed by atoms with E-state index < -0.39 is 0 Å². The Morgan fingerprint density at radius 3 is 1.91 bits per heavy atom. The highest BCUT2D eigenvalue weighted by atomic mass is 15.1. The van der Waals surface area contributed by atoms with Crippen LogP contribution in [0.2, 0.25) is 0 Å². The van der Waals surface area contributed by atoms with Crippen molar-refractivity contribution >= 4 is 38.9 Å². The SMILES string of the molecule is Cc1cc(C)cc(N(c2ccc3c(c2)C(C)(C)c2ccccc2-3)c2ccc3c(c2)c2cccc4c2n3-c2ccccc2C4(C)C)c1. The molecule has 0 radical (unpaired) electrons. The van der Waals surface area contributed by atoms with Gasteiger partial charge in [0.2, 0.25) is 0 Å². The Bertz CT molecular complexity index is 2380. The van der Waals surface area contributed by atoms with Crippen LogP contribution in [-0.2, 0) is 10.8 Å². The molecule has 6 aromatic carbocycles. The lowest BCUT2D eigenvalue weighted by atomic mass is 9.75. The molecule has 1 aliphatic heterocycles. The molecule has 0 unspecified atom stereocenters. The fraction of sp³-hybridized carbons (Fsp3) is 0.182. The maximum atomic E-state index is 2.50. The summed E-state index contributed by atoms with van der Waals surface area (Å²) in [5.74, 6) is 0. The molecule has 2 heterocycles. The van der Waals surface area contributed by atoms with Crippen LogP contribution in [0.5, 0.6) is 0 Å². The normalized spacial score (nSPS) is 15.1. The molecule has 7 aromatic rings. The molecule has 2 nitrogen and oxygen atoms in total. The molecule has 2 heteroatoms. The molecule has 0 N–H and O–H groups in total. The lowest BCUT2D eigenvalue weighted by Crippen LogP contribution is -2.26. The number of hydrogen-bond acceptors (Lipinski definition) is 1. The van der Waals surface area contributed by atoms with E-state index in [-0.39, 0.29) is 10.8 Å². The number of rotatable bonds is 3. The Kier molecular flexibility index (Phi) is 5.47. The second kappa shape index (κ2) is 9.23. The van der Waals surface area contributed by atoms with Crippen LogP contribution in [-0.4, -0.2) is 4.57 Å². The Labute approximate surface area is 271 Å². The van der Waals surface area contributed by atoms with Gasteiger partial charge in [-0.3, -0.25) is 0 Å². The lowest BCUT2D eigenvalue weighted by molar-refractivity contribution is 0.630. The van der Waals surface area contributed by atoms with Gasteiger partial charge in [0, 0.05) is 38.7 Å². The minimum atomic E-state index is -0.0801. The first kappa shape index (κ1) is 27.2. The van der Waals surface area contributed by atoms with E-state index in [1.807, 2.05) is 0 Å². The number of anilines is 3. The van der Waals surface area contributed by atoms with Crippen LogP contribution in [0.1, 0.15) is 61.1 Å². The van der Waals surface area contributed by atoms with Crippen LogP contribution in [0.3, 0.4) is 0 Å². The minimum Gasteiger partial charge on any atom is -0.310 e. The van der Waals surface area contributed by atoms with Crippen molar-refractivity contribution in [3.63, 3.8) is 0 Å². The van der Waals surface area contributed by atoms with E-state index in [1.165, 1.54) is 89.1 Å². The third-order valence-corrected chi connectivity index (χ3v) is 10.8. The highest BCUT2D eigenvalue weighted by Crippen LogP contribution is 2.52. The molecule has 2 aliphatic rings. The molecule has 1 aliphatic carbocycles. The zero-order valence-corrected chi connectivity index (χ0v) is 27.4. The zero-order chi connectivity index (χ0) is 31.5. The van der Waals surface area contributed by atoms with Crippen molar-refractivity contribution in [2.45, 2.75) is 52.4 Å². The van der Waals surface area contributed by atoms with Gasteiger partial charge in [-0.1, -0.05) is 100 Å². The number of aromatic nitrogens is 1. The minimum absolute atomic E-state index is 0.0701. The molecule has 46 heavy (non-hydrogen) atoms. The average Bonchev–Trinajstić information content (AvgIpc) is 3.49. The van der Waals surface area contributed by atoms with Gasteiger partial charge in [0.1, 0.15) is 0 Å². The number of nitrogens with zero attached hydrogens (tertiary/aromatic N) is 2. The molecule has 0 bridgehead atoms. The van der Waals surface area contributed by atoms with E-state index in [4.69, 9.17) is 0 Å². The van der Waals surface area contributed by atoms with Gasteiger partial charge in [0.25, 0.3) is 0 Å². The summed E-state index contributed by atoms with van der Waals surface area (Å²) in [4.78, 5) is 2.46. The second-order valence-corrected chi connectivity index (χ2v) is 14.5. The largest absolute Gasteiger partial charge is 0.310 e. The van der Waals surface area contributed by atoms with Gasteiger partial charge in [-0.2, -0.15) is 0 Å². The van der Waals surface area contributed by atoms with Crippen molar-refractivity contribution in [2.24, 2.45) is 0 Å². The van der Waals surface area contributed by atoms with E-state index in [1.54, 1.807) is 0 Å². The number of benzene rings is 6. The standard InChI is InChI=1S/C44H38N2/c1-27-22-28(2)24-31(23-27)45(30-18-20-33-32-12-7-8-14-36(32)43(3,4)39(33)26-30)29-19-21-40-35(25-29)34-13-11-16-38-42(34)46(40)41-17-10-9-15-37(41)44(38,5)6/h7-26H,1-6H3. The second-order valence-electron chi connectivity index (χ2n) is 14.5. The van der Waals surface area contributed by atoms with Crippen LogP contribution >= 0.6 is 0 Å². The zero-order valence-electron chi connectivity index (χ0n) is 27.4. The molecule has 0 spiro atoms. The van der Waals surface area contributed by atoms with E-state index in [9.17, 15) is 0 Å². The smallest absolute Gasteiger partial charge is 0.0582 e. The molecular formula is C44H38N2. The molecule has 224 valence electrons. The molecule has 9 rings (SSSR count). The van der Waals surface area contributed by atoms with E-state index in [2.05, 4.69) is 172 Å². The lowest BCUT2D eigenvalue weighted by Gasteiger charge is -2.34. The van der Waals surface area contributed by atoms with E-state index in [0.29, 0.717) is 0 Å². The summed E-state index contributed by atoms with van der Waals surface area (Å²) in [6.07, 6.45) is 0. The van der Waals surface area contributed by atoms with Gasteiger partial charge in [-0.05, 0) is 107 Å². The van der Waals surface area contributed by atoms with Gasteiger partial charge in [-0.25, -0.2) is 0 Å². The fourth-order valence-corrected chi connectivity index (χ4v) is 8.65. The van der Waals surface area contributed by atoms with Crippen molar-refractivity contribution in [3.05, 3.63) is 155 Å². The van der Waals surface area contributed by atoms with Crippen molar-refractivity contribution in [2.75, 3.05) is 4.90 Å². The third kappa shape index (κ3) is 3.59. The van der Waals surface area contributed by atoms with E-state index >= 15 is 0 Å². The van der Waals surface area contributed by atoms with E-state index in [0.717, 1.165) is 0 Å². The predicted octanol–water partition coefficient (Wildman–Crippen LogP) is 11.8. The van der Waals surface area contributed by atoms with Crippen molar-refractivity contribution in [1.29, 1.82) is 0 Å². The summed E-state index contributed by atoms with van der Waals surface area (Å²) in [6, 6.07) is 45.8. The van der Waals surface area contributed by atoms with Gasteiger partial charge in [0.15, 0.2) is 0 Å². The monoisotopic (exact) mass is 594 g/mol. The van der Waals surface area contributed by atoms with Crippen LogP contribution < -0.4 is 4.90 Å². The number of fused-ring (bicyclic) bond motifs is 8. The molecule has 1 aromatic heterocycles. The number of para-hydroxylation sites is 2. The number of hydrogen-bond donors (Lipinski definition) is 0. The fourth-order valence-electron chi connectivity index (χ4n) is 8.65. The van der Waals surface area contributed by atoms with Crippen molar-refractivity contribution < 1.29 is 0 Å². The molecule has 0 saturated carbocycles. The quantitative estimate of drug-likeness (QED) is 0.198. The Balaban J connectivity index is 1.31. The molecule has 0 fully saturated rings. The predicted molar refractivity (Wildman–Crippen MR) is 195 cm³/mol. The molecule has 0 saturated heterocycles. The van der Waals surface area contributed by atoms with Crippen molar-refractivity contribution in [1.82, 2.24) is 4.57 Å². The first-order chi connectivity index (χ1) is 22.1. The van der Waals surface area contributed by atoms with Gasteiger partial charge in [-0.15, -0.1) is 0 Å². The number of aryl methyl sites for hydroxylation is 2. The summed E-state index contributed by atoms with van der Waals surface area (Å²) >= 11 is 0. The van der Waals surface area contributed by atoms with Gasteiger partial charge in [0.05, 0.1) is 16.7 Å². The summed E-state index contributed by atoms with van der Waals surface area (Å²) < 4.78 is 2.50. The Morgan fingerprint density at radius 1 is 0.478 bits per heavy atom. The Hall–Kier alpha value is -5.08. The first-order valence-electron chi connectivity index (χ1n) is 16.4. The summed E-state index contributed by atoms with van der Waals surface area (Å²) in [7, 11) is 0. The topological polar surface area (TPSA) is 8.17 Å². The molecule has 0 amide bonds. The highest BCUT2D eigenvalue weighted by molar-refractivity contribution is 6.12. The van der Waals surface area contributed by atoms with Crippen LogP contribution in [0.4, 0.5) is 17.1 Å². The maximum absolute atomic E-state index is 2.50. The Morgan fingerprint density at radius 2 is 1.11 bits per heavy atom. The summed E-state index contributed by atoms with van der Waals surface area (Å²) in [6.45, 7) is 13.9. The first-order valence-corrected chi connectivity index (χ1v) is 16.4. The summed E-state index contributed by atoms with van der Waals surface area (Å²) in [5, 5.41) is 2.59. The van der Waals surface area contributed by atoms with Crippen molar-refractivity contribution in [3.8, 4) is 16.8 Å². The molecule has 0 atom stereocenters. The molecular weight excluding hydrogens is 556 g/mol. The van der Waals surface area contributed by atoms with Gasteiger partial charge < -0.3 is 9.47 Å². The van der Waals surface area contributed by atoms with Gasteiger partial charge >= 0.3 is 0 Å². The van der Waals surface area contributed by atoms with Crippen LogP contribution in [0.15, 0.2) is 121 Å². The average molecular weight is 595 g/mol. The van der Waals surface area contributed by atoms with Crippen LogP contribution in [0, 0.1) is 13.8 Å². The highest BCUT2D eigenvalue weighted by Gasteiger charge is 2.37. The maximum Gasteiger partial charge on any atom is 0.0582 e. The third-order valence-electron chi connectivity index (χ3n) is 10.8. The van der Waals surface area contributed by atoms with Crippen LogP contribution in [0.25, 0.3) is 38.6 Å².